The smallest absolute Gasteiger partial charge is 0.219 e. The number of amides is 1. The number of likely N-dealkylation sites (tertiary alicyclic amines) is 1. The molecule has 0 unspecified atom stereocenters. The van der Waals surface area contributed by atoms with E-state index in [2.05, 4.69) is 27.2 Å². The van der Waals surface area contributed by atoms with Gasteiger partial charge in [0.05, 0.1) is 6.20 Å². The van der Waals surface area contributed by atoms with Gasteiger partial charge in [0.1, 0.15) is 17.2 Å². The first-order valence-electron chi connectivity index (χ1n) is 11.7. The first-order chi connectivity index (χ1) is 14.6. The van der Waals surface area contributed by atoms with Gasteiger partial charge in [0.2, 0.25) is 5.91 Å². The predicted octanol–water partition coefficient (Wildman–Crippen LogP) is 3.75. The van der Waals surface area contributed by atoms with Crippen molar-refractivity contribution in [3.8, 4) is 5.75 Å². The van der Waals surface area contributed by atoms with E-state index in [0.717, 1.165) is 81.8 Å². The van der Waals surface area contributed by atoms with Crippen molar-refractivity contribution >= 4 is 23.7 Å². The number of pyridine rings is 1. The van der Waals surface area contributed by atoms with Gasteiger partial charge in [-0.2, -0.15) is 0 Å². The second-order valence-electron chi connectivity index (χ2n) is 8.66. The summed E-state index contributed by atoms with van der Waals surface area (Å²) in [6.45, 7) is 11.6. The quantitative estimate of drug-likeness (QED) is 0.678. The van der Waals surface area contributed by atoms with Gasteiger partial charge in [-0.1, -0.05) is 25.8 Å². The van der Waals surface area contributed by atoms with E-state index in [1.165, 1.54) is 18.4 Å². The van der Waals surface area contributed by atoms with Crippen LogP contribution in [0, 0.1) is 0 Å². The molecule has 0 atom stereocenters. The van der Waals surface area contributed by atoms with Crippen LogP contribution < -0.4 is 9.64 Å². The molecule has 1 saturated carbocycles. The molecule has 0 radical (unpaired) electrons. The first kappa shape index (κ1) is 21.8. The second-order valence-corrected chi connectivity index (χ2v) is 10.1. The van der Waals surface area contributed by atoms with Gasteiger partial charge in [-0.3, -0.25) is 4.79 Å². The average molecular weight is 433 g/mol. The van der Waals surface area contributed by atoms with Crippen LogP contribution in [0.5, 0.6) is 5.75 Å². The summed E-state index contributed by atoms with van der Waals surface area (Å²) in [6.07, 6.45) is 8.66. The van der Waals surface area contributed by atoms with Crippen LogP contribution in [0.2, 0.25) is 0 Å². The van der Waals surface area contributed by atoms with E-state index in [0.29, 0.717) is 0 Å². The van der Waals surface area contributed by atoms with Crippen LogP contribution in [0.25, 0.3) is 0 Å². The zero-order valence-electron chi connectivity index (χ0n) is 18.7. The van der Waals surface area contributed by atoms with Gasteiger partial charge >= 0.3 is 0 Å². The molecule has 1 spiro atoms. The Morgan fingerprint density at radius 1 is 1.10 bits per heavy atom. The molecule has 0 bridgehead atoms. The fraction of sp³-hybridized carbons (Fsp3) is 0.739. The van der Waals surface area contributed by atoms with Gasteiger partial charge < -0.3 is 14.5 Å². The number of carbonyl (C=O) groups excluding carboxylic acids is 1. The normalized spacial score (nSPS) is 23.3. The van der Waals surface area contributed by atoms with Crippen LogP contribution in [0.15, 0.2) is 12.3 Å². The number of aromatic nitrogens is 1. The van der Waals surface area contributed by atoms with E-state index in [1.54, 1.807) is 6.92 Å². The van der Waals surface area contributed by atoms with Crippen LogP contribution in [0.3, 0.4) is 0 Å². The monoisotopic (exact) mass is 432 g/mol. The number of aryl methyl sites for hydroxylation is 1. The molecule has 1 aromatic rings. The van der Waals surface area contributed by atoms with Gasteiger partial charge in [-0.25, -0.2) is 9.29 Å². The van der Waals surface area contributed by atoms with Crippen molar-refractivity contribution in [2.24, 2.45) is 0 Å². The molecule has 4 aliphatic rings. The Morgan fingerprint density at radius 2 is 1.80 bits per heavy atom. The Labute approximate surface area is 185 Å². The van der Waals surface area contributed by atoms with Crippen molar-refractivity contribution < 1.29 is 9.53 Å². The Hall–Kier alpha value is -1.47. The van der Waals surface area contributed by atoms with Crippen LogP contribution in [-0.4, -0.2) is 70.2 Å². The largest absolute Gasteiger partial charge is 0.485 e. The fourth-order valence-electron chi connectivity index (χ4n) is 4.57. The van der Waals surface area contributed by atoms with Gasteiger partial charge in [0, 0.05) is 64.3 Å². The molecule has 30 heavy (non-hydrogen) atoms. The minimum atomic E-state index is -0.103. The van der Waals surface area contributed by atoms with Crippen molar-refractivity contribution in [1.82, 2.24) is 14.2 Å². The summed E-state index contributed by atoms with van der Waals surface area (Å²) in [5.74, 6) is 2.22. The Kier molecular flexibility index (Phi) is 6.78. The molecule has 1 aliphatic carbocycles. The number of fused-ring (bicyclic) bond motifs is 1. The predicted molar refractivity (Wildman–Crippen MR) is 123 cm³/mol. The molecule has 7 heteroatoms. The molecule has 1 amide bonds. The highest BCUT2D eigenvalue weighted by atomic mass is 32.2. The third-order valence-electron chi connectivity index (χ3n) is 6.62. The van der Waals surface area contributed by atoms with Gasteiger partial charge in [-0.15, -0.1) is 0 Å². The van der Waals surface area contributed by atoms with Gasteiger partial charge in [-0.05, 0) is 37.3 Å². The highest BCUT2D eigenvalue weighted by Crippen LogP contribution is 2.40. The number of hydrogen-bond donors (Lipinski definition) is 0. The second kappa shape index (κ2) is 9.35. The molecule has 3 aliphatic heterocycles. The Balaban J connectivity index is 0.00000106. The lowest BCUT2D eigenvalue weighted by atomic mass is 9.83. The molecule has 3 fully saturated rings. The maximum absolute atomic E-state index is 11.6. The summed E-state index contributed by atoms with van der Waals surface area (Å²) < 4.78 is 9.00. The summed E-state index contributed by atoms with van der Waals surface area (Å²) in [7, 11) is 0. The number of hydrogen-bond acceptors (Lipinski definition) is 6. The fourth-order valence-corrected chi connectivity index (χ4v) is 5.71. The van der Waals surface area contributed by atoms with E-state index >= 15 is 0 Å². The van der Waals surface area contributed by atoms with Crippen molar-refractivity contribution in [2.75, 3.05) is 44.2 Å². The van der Waals surface area contributed by atoms with Crippen LogP contribution in [-0.2, 0) is 11.2 Å². The summed E-state index contributed by atoms with van der Waals surface area (Å²) in [5, 5.41) is 0.889. The van der Waals surface area contributed by atoms with Crippen LogP contribution in [0.4, 0.5) is 5.82 Å². The number of ether oxygens (including phenoxy) is 1. The zero-order valence-corrected chi connectivity index (χ0v) is 19.5. The van der Waals surface area contributed by atoms with E-state index in [9.17, 15) is 4.79 Å². The number of nitrogens with zero attached hydrogens (tertiary/aromatic N) is 4. The van der Waals surface area contributed by atoms with Crippen molar-refractivity contribution in [1.29, 1.82) is 0 Å². The molecule has 5 rings (SSSR count). The lowest BCUT2D eigenvalue weighted by molar-refractivity contribution is -0.132. The van der Waals surface area contributed by atoms with Crippen LogP contribution in [0.1, 0.15) is 58.4 Å². The van der Waals surface area contributed by atoms with Gasteiger partial charge in [0.15, 0.2) is 0 Å². The number of carbonyl (C=O) groups is 1. The summed E-state index contributed by atoms with van der Waals surface area (Å²) in [4.78, 5) is 20.7. The van der Waals surface area contributed by atoms with Gasteiger partial charge in [0.25, 0.3) is 0 Å². The standard InChI is InChI=1S/C21H30N4O2S.C2H6/c1-16(26)23-8-6-21(7-9-23)5-4-17-14-20(22-15-19(17)27-21)24-10-12-25(13-11-24)28-18-2-3-18;1-2/h14-15,18H,2-13H2,1H3;1-2H3. The number of piperidine rings is 1. The number of rotatable bonds is 3. The number of piperazine rings is 1. The zero-order chi connectivity index (χ0) is 21.1. The highest BCUT2D eigenvalue weighted by molar-refractivity contribution is 7.97. The third-order valence-corrected chi connectivity index (χ3v) is 8.05. The molecule has 166 valence electrons. The SMILES string of the molecule is CC.CC(=O)N1CCC2(CCc3cc(N4CCN(SC5CC5)CC4)ncc3O2)CC1. The van der Waals surface area contributed by atoms with E-state index in [4.69, 9.17) is 9.72 Å². The Bertz CT molecular complexity index is 739. The highest BCUT2D eigenvalue weighted by Gasteiger charge is 2.40. The lowest BCUT2D eigenvalue weighted by Gasteiger charge is -2.44. The summed E-state index contributed by atoms with van der Waals surface area (Å²) in [5.41, 5.74) is 1.19. The molecule has 0 aromatic carbocycles. The lowest BCUT2D eigenvalue weighted by Crippen LogP contribution is -2.50. The topological polar surface area (TPSA) is 48.9 Å². The first-order valence-corrected chi connectivity index (χ1v) is 12.5. The molecular formula is C23H36N4O2S. The summed E-state index contributed by atoms with van der Waals surface area (Å²) in [6, 6.07) is 2.25. The minimum Gasteiger partial charge on any atom is -0.485 e. The average Bonchev–Trinajstić information content (AvgIpc) is 3.60. The van der Waals surface area contributed by atoms with Crippen molar-refractivity contribution in [3.05, 3.63) is 17.8 Å². The van der Waals surface area contributed by atoms with Crippen LogP contribution >= 0.6 is 11.9 Å². The molecule has 6 nitrogen and oxygen atoms in total. The molecule has 1 aromatic heterocycles. The minimum absolute atomic E-state index is 0.103. The van der Waals surface area contributed by atoms with Crippen molar-refractivity contribution in [3.63, 3.8) is 0 Å². The maximum atomic E-state index is 11.6. The Morgan fingerprint density at radius 3 is 2.43 bits per heavy atom. The van der Waals surface area contributed by atoms with E-state index in [-0.39, 0.29) is 11.5 Å². The van der Waals surface area contributed by atoms with E-state index in [1.807, 2.05) is 24.9 Å². The maximum Gasteiger partial charge on any atom is 0.219 e. The van der Waals surface area contributed by atoms with Crippen molar-refractivity contribution in [2.45, 2.75) is 70.1 Å². The summed E-state index contributed by atoms with van der Waals surface area (Å²) >= 11 is 2.06. The molecule has 0 N–H and O–H groups in total. The number of anilines is 1. The van der Waals surface area contributed by atoms with E-state index < -0.39 is 0 Å². The molecule has 2 saturated heterocycles. The third kappa shape index (κ3) is 4.88. The molecular weight excluding hydrogens is 396 g/mol. The molecule has 4 heterocycles.